The third-order valence-corrected chi connectivity index (χ3v) is 3.30. The Morgan fingerprint density at radius 3 is 3.00 bits per heavy atom. The third-order valence-electron chi connectivity index (χ3n) is 3.30. The van der Waals surface area contributed by atoms with Gasteiger partial charge in [0.1, 0.15) is 0 Å². The van der Waals surface area contributed by atoms with Crippen LogP contribution in [-0.4, -0.2) is 22.4 Å². The Morgan fingerprint density at radius 2 is 2.43 bits per heavy atom. The van der Waals surface area contributed by atoms with Gasteiger partial charge in [-0.15, -0.1) is 0 Å². The Bertz CT molecular complexity index is 305. The number of rotatable bonds is 2. The number of nitrogens with one attached hydrogen (secondary N) is 1. The van der Waals surface area contributed by atoms with Gasteiger partial charge in [-0.2, -0.15) is 5.10 Å². The fourth-order valence-corrected chi connectivity index (χ4v) is 2.56. The van der Waals surface area contributed by atoms with Gasteiger partial charge in [0.05, 0.1) is 6.20 Å². The molecule has 0 saturated carbocycles. The summed E-state index contributed by atoms with van der Waals surface area (Å²) in [5, 5.41) is 7.83. The van der Waals surface area contributed by atoms with Crippen LogP contribution in [0.5, 0.6) is 0 Å². The van der Waals surface area contributed by atoms with E-state index in [2.05, 4.69) is 30.5 Å². The molecule has 1 fully saturated rings. The minimum atomic E-state index is 0.634. The summed E-state index contributed by atoms with van der Waals surface area (Å²) in [6.45, 7) is 5.71. The molecule has 0 radical (unpaired) electrons. The summed E-state index contributed by atoms with van der Waals surface area (Å²) in [6.07, 6.45) is 5.36. The van der Waals surface area contributed by atoms with Crippen LogP contribution in [0.4, 0.5) is 0 Å². The molecule has 3 heteroatoms. The molecule has 14 heavy (non-hydrogen) atoms. The van der Waals surface area contributed by atoms with Crippen molar-refractivity contribution < 1.29 is 0 Å². The number of aryl methyl sites for hydroxylation is 1. The first-order valence-corrected chi connectivity index (χ1v) is 5.44. The molecule has 0 spiro atoms. The van der Waals surface area contributed by atoms with Gasteiger partial charge < -0.3 is 5.32 Å². The van der Waals surface area contributed by atoms with Gasteiger partial charge in [0.2, 0.25) is 0 Å². The van der Waals surface area contributed by atoms with Crippen molar-refractivity contribution in [3.05, 3.63) is 18.0 Å². The molecule has 1 N–H and O–H groups in total. The zero-order chi connectivity index (χ0) is 10.1. The van der Waals surface area contributed by atoms with Gasteiger partial charge in [-0.25, -0.2) is 0 Å². The summed E-state index contributed by atoms with van der Waals surface area (Å²) in [5.74, 6) is 1.37. The maximum atomic E-state index is 4.25. The zero-order valence-corrected chi connectivity index (χ0v) is 9.20. The summed E-state index contributed by atoms with van der Waals surface area (Å²) < 4.78 is 1.90. The fraction of sp³-hybridized carbons (Fsp3) is 0.727. The number of hydrogen-bond donors (Lipinski definition) is 1. The van der Waals surface area contributed by atoms with Crippen molar-refractivity contribution in [3.63, 3.8) is 0 Å². The van der Waals surface area contributed by atoms with Gasteiger partial charge >= 0.3 is 0 Å². The highest BCUT2D eigenvalue weighted by molar-refractivity contribution is 5.18. The van der Waals surface area contributed by atoms with Crippen LogP contribution >= 0.6 is 0 Å². The predicted molar refractivity (Wildman–Crippen MR) is 57.2 cm³/mol. The van der Waals surface area contributed by atoms with Crippen molar-refractivity contribution in [2.45, 2.75) is 32.2 Å². The van der Waals surface area contributed by atoms with Crippen LogP contribution < -0.4 is 5.32 Å². The summed E-state index contributed by atoms with van der Waals surface area (Å²) in [4.78, 5) is 0. The molecule has 0 aliphatic carbocycles. The average Bonchev–Trinajstić information content (AvgIpc) is 2.71. The van der Waals surface area contributed by atoms with Crippen molar-refractivity contribution in [2.24, 2.45) is 13.0 Å². The monoisotopic (exact) mass is 193 g/mol. The van der Waals surface area contributed by atoms with Crippen LogP contribution in [0.3, 0.4) is 0 Å². The minimum Gasteiger partial charge on any atom is -0.313 e. The molecule has 1 aromatic heterocycles. The lowest BCUT2D eigenvalue weighted by atomic mass is 9.86. The van der Waals surface area contributed by atoms with Gasteiger partial charge in [0.25, 0.3) is 0 Å². The maximum Gasteiger partial charge on any atom is 0.0525 e. The summed E-state index contributed by atoms with van der Waals surface area (Å²) in [5.41, 5.74) is 1.39. The lowest BCUT2D eigenvalue weighted by Crippen LogP contribution is -2.24. The Hall–Kier alpha value is -0.830. The van der Waals surface area contributed by atoms with Crippen molar-refractivity contribution in [2.75, 3.05) is 6.54 Å². The second-order valence-electron chi connectivity index (χ2n) is 4.37. The first-order chi connectivity index (χ1) is 6.72. The number of aromatic nitrogens is 2. The van der Waals surface area contributed by atoms with Gasteiger partial charge in [-0.1, -0.05) is 13.8 Å². The van der Waals surface area contributed by atoms with Crippen molar-refractivity contribution in [1.29, 1.82) is 0 Å². The van der Waals surface area contributed by atoms with E-state index in [-0.39, 0.29) is 0 Å². The smallest absolute Gasteiger partial charge is 0.0525 e. The molecule has 3 atom stereocenters. The Labute approximate surface area is 85.5 Å². The molecule has 1 saturated heterocycles. The highest BCUT2D eigenvalue weighted by Crippen LogP contribution is 2.33. The van der Waals surface area contributed by atoms with Crippen LogP contribution in [0.2, 0.25) is 0 Å². The first-order valence-electron chi connectivity index (χ1n) is 5.44. The normalized spacial score (nSPS) is 32.4. The maximum absolute atomic E-state index is 4.25. The topological polar surface area (TPSA) is 29.9 Å². The van der Waals surface area contributed by atoms with Crippen LogP contribution in [-0.2, 0) is 7.05 Å². The van der Waals surface area contributed by atoms with Gasteiger partial charge in [-0.3, -0.25) is 4.68 Å². The lowest BCUT2D eigenvalue weighted by molar-refractivity contribution is 0.484. The van der Waals surface area contributed by atoms with E-state index in [1.807, 2.05) is 17.9 Å². The van der Waals surface area contributed by atoms with E-state index in [1.54, 1.807) is 0 Å². The summed E-state index contributed by atoms with van der Waals surface area (Å²) in [7, 11) is 1.98. The fourth-order valence-electron chi connectivity index (χ4n) is 2.56. The molecule has 1 aliphatic rings. The van der Waals surface area contributed by atoms with Crippen LogP contribution in [0.15, 0.2) is 12.4 Å². The van der Waals surface area contributed by atoms with Crippen LogP contribution in [0, 0.1) is 5.92 Å². The molecule has 78 valence electrons. The quantitative estimate of drug-likeness (QED) is 0.772. The largest absolute Gasteiger partial charge is 0.313 e. The molecule has 1 aromatic rings. The van der Waals surface area contributed by atoms with Crippen LogP contribution in [0.25, 0.3) is 0 Å². The highest BCUT2D eigenvalue weighted by atomic mass is 15.2. The van der Waals surface area contributed by atoms with E-state index in [4.69, 9.17) is 0 Å². The number of hydrogen-bond acceptors (Lipinski definition) is 2. The van der Waals surface area contributed by atoms with Crippen LogP contribution in [0.1, 0.15) is 31.7 Å². The molecular weight excluding hydrogens is 174 g/mol. The van der Waals surface area contributed by atoms with E-state index in [0.717, 1.165) is 12.5 Å². The van der Waals surface area contributed by atoms with Crippen molar-refractivity contribution in [1.82, 2.24) is 15.1 Å². The lowest BCUT2D eigenvalue weighted by Gasteiger charge is -2.19. The first kappa shape index (κ1) is 9.71. The van der Waals surface area contributed by atoms with E-state index in [1.165, 1.54) is 12.0 Å². The average molecular weight is 193 g/mol. The Morgan fingerprint density at radius 1 is 1.64 bits per heavy atom. The zero-order valence-electron chi connectivity index (χ0n) is 9.20. The molecule has 2 rings (SSSR count). The molecule has 0 bridgehead atoms. The van der Waals surface area contributed by atoms with Gasteiger partial charge in [0, 0.05) is 25.2 Å². The molecule has 1 aliphatic heterocycles. The highest BCUT2D eigenvalue weighted by Gasteiger charge is 2.33. The standard InChI is InChI=1S/C11H19N3/c1-4-10-11(8(2)5-12-10)9-6-13-14(3)7-9/h6-8,10-12H,4-5H2,1-3H3. The molecule has 3 unspecified atom stereocenters. The summed E-state index contributed by atoms with van der Waals surface area (Å²) >= 11 is 0. The second kappa shape index (κ2) is 3.73. The third kappa shape index (κ3) is 1.57. The van der Waals surface area contributed by atoms with E-state index in [9.17, 15) is 0 Å². The van der Waals surface area contributed by atoms with Crippen molar-refractivity contribution in [3.8, 4) is 0 Å². The second-order valence-corrected chi connectivity index (χ2v) is 4.37. The Kier molecular flexibility index (Phi) is 2.59. The van der Waals surface area contributed by atoms with E-state index in [0.29, 0.717) is 12.0 Å². The SMILES string of the molecule is CCC1NCC(C)C1c1cnn(C)c1. The van der Waals surface area contributed by atoms with Crippen molar-refractivity contribution >= 4 is 0 Å². The molecule has 3 nitrogen and oxygen atoms in total. The van der Waals surface area contributed by atoms with E-state index >= 15 is 0 Å². The van der Waals surface area contributed by atoms with E-state index < -0.39 is 0 Å². The Balaban J connectivity index is 2.22. The van der Waals surface area contributed by atoms with Gasteiger partial charge in [0.15, 0.2) is 0 Å². The minimum absolute atomic E-state index is 0.634. The number of nitrogens with zero attached hydrogens (tertiary/aromatic N) is 2. The molecule has 0 amide bonds. The predicted octanol–water partition coefficient (Wildman–Crippen LogP) is 1.52. The van der Waals surface area contributed by atoms with Gasteiger partial charge in [-0.05, 0) is 24.4 Å². The molecule has 0 aromatic carbocycles. The molecule has 2 heterocycles. The summed E-state index contributed by atoms with van der Waals surface area (Å²) in [6, 6.07) is 0.634. The molecular formula is C11H19N3.